The van der Waals surface area contributed by atoms with E-state index in [1.807, 2.05) is 6.08 Å². The van der Waals surface area contributed by atoms with Crippen LogP contribution in [0.4, 0.5) is 0 Å². The highest BCUT2D eigenvalue weighted by atomic mass is 16.5. The van der Waals surface area contributed by atoms with Crippen molar-refractivity contribution in [3.63, 3.8) is 0 Å². The van der Waals surface area contributed by atoms with Crippen molar-refractivity contribution in [1.29, 1.82) is 0 Å². The Labute approximate surface area is 456 Å². The van der Waals surface area contributed by atoms with Crippen LogP contribution in [0.3, 0.4) is 0 Å². The van der Waals surface area contributed by atoms with Gasteiger partial charge in [0, 0.05) is 12.8 Å². The Morgan fingerprint density at radius 3 is 0.973 bits per heavy atom. The predicted molar refractivity (Wildman–Crippen MR) is 320 cm³/mol. The van der Waals surface area contributed by atoms with Gasteiger partial charge >= 0.3 is 5.97 Å². The molecule has 0 aromatic carbocycles. The van der Waals surface area contributed by atoms with E-state index in [0.717, 1.165) is 44.9 Å². The molecule has 0 saturated heterocycles. The Kier molecular flexibility index (Phi) is 61.4. The summed E-state index contributed by atoms with van der Waals surface area (Å²) in [6.45, 7) is 4.92. The van der Waals surface area contributed by atoms with Gasteiger partial charge in [-0.2, -0.15) is 0 Å². The molecule has 0 aliphatic rings. The summed E-state index contributed by atoms with van der Waals surface area (Å²) in [5, 5.41) is 23.2. The molecule has 0 radical (unpaired) electrons. The lowest BCUT2D eigenvalue weighted by Gasteiger charge is -2.20. The zero-order valence-electron chi connectivity index (χ0n) is 49.4. The minimum absolute atomic E-state index is 0.00874. The highest BCUT2D eigenvalue weighted by molar-refractivity contribution is 5.76. The fourth-order valence-electron chi connectivity index (χ4n) is 10.4. The Morgan fingerprint density at radius 1 is 0.370 bits per heavy atom. The summed E-state index contributed by atoms with van der Waals surface area (Å²) in [4.78, 5) is 24.5. The summed E-state index contributed by atoms with van der Waals surface area (Å²) in [6, 6.07) is -0.626. The second-order valence-corrected chi connectivity index (χ2v) is 22.8. The second-order valence-electron chi connectivity index (χ2n) is 22.8. The predicted octanol–water partition coefficient (Wildman–Crippen LogP) is 21.0. The van der Waals surface area contributed by atoms with Gasteiger partial charge in [-0.05, 0) is 57.8 Å². The van der Waals surface area contributed by atoms with Crippen LogP contribution in [0.2, 0.25) is 0 Å². The van der Waals surface area contributed by atoms with E-state index >= 15 is 0 Å². The number of ether oxygens (including phenoxy) is 1. The molecule has 0 rings (SSSR count). The molecular formula is C67H129NO5. The van der Waals surface area contributed by atoms with Gasteiger partial charge < -0.3 is 20.3 Å². The van der Waals surface area contributed by atoms with Crippen molar-refractivity contribution >= 4 is 11.9 Å². The van der Waals surface area contributed by atoms with Crippen LogP contribution in [0.1, 0.15) is 367 Å². The van der Waals surface area contributed by atoms with E-state index in [4.69, 9.17) is 4.74 Å². The third-order valence-corrected chi connectivity index (χ3v) is 15.5. The Morgan fingerprint density at radius 2 is 0.644 bits per heavy atom. The lowest BCUT2D eigenvalue weighted by atomic mass is 10.0. The molecule has 2 atom stereocenters. The molecule has 0 heterocycles. The molecule has 1 amide bonds. The first-order valence-electron chi connectivity index (χ1n) is 33.1. The maximum absolute atomic E-state index is 12.5. The van der Waals surface area contributed by atoms with E-state index in [1.165, 1.54) is 295 Å². The first-order chi connectivity index (χ1) is 36.0. The lowest BCUT2D eigenvalue weighted by molar-refractivity contribution is -0.143. The van der Waals surface area contributed by atoms with Crippen molar-refractivity contribution in [2.45, 2.75) is 379 Å². The summed E-state index contributed by atoms with van der Waals surface area (Å²) in [5.41, 5.74) is 0. The normalized spacial score (nSPS) is 12.7. The summed E-state index contributed by atoms with van der Waals surface area (Å²) in [7, 11) is 0. The first-order valence-corrected chi connectivity index (χ1v) is 33.1. The van der Waals surface area contributed by atoms with Crippen molar-refractivity contribution in [1.82, 2.24) is 5.32 Å². The molecule has 0 aromatic heterocycles. The number of carbonyl (C=O) groups is 2. The van der Waals surface area contributed by atoms with Crippen LogP contribution in [0.5, 0.6) is 0 Å². The number of esters is 1. The van der Waals surface area contributed by atoms with Gasteiger partial charge in [-0.1, -0.05) is 321 Å². The molecule has 0 saturated carbocycles. The van der Waals surface area contributed by atoms with Gasteiger partial charge in [0.05, 0.1) is 25.4 Å². The van der Waals surface area contributed by atoms with Crippen molar-refractivity contribution in [3.05, 3.63) is 24.3 Å². The largest absolute Gasteiger partial charge is 0.466 e. The highest BCUT2D eigenvalue weighted by Gasteiger charge is 2.18. The van der Waals surface area contributed by atoms with E-state index in [0.29, 0.717) is 19.4 Å². The average molecular weight is 1030 g/mol. The number of carbonyl (C=O) groups excluding carboxylic acids is 2. The van der Waals surface area contributed by atoms with E-state index < -0.39 is 12.1 Å². The minimum Gasteiger partial charge on any atom is -0.466 e. The molecule has 0 aliphatic heterocycles. The lowest BCUT2D eigenvalue weighted by Crippen LogP contribution is -2.45. The number of amides is 1. The van der Waals surface area contributed by atoms with Gasteiger partial charge in [-0.3, -0.25) is 9.59 Å². The molecule has 432 valence electrons. The summed E-state index contributed by atoms with van der Waals surface area (Å²) < 4.78 is 5.48. The number of aliphatic hydroxyl groups excluding tert-OH is 2. The standard InChI is InChI=1S/C67H129NO5/c1-3-5-7-9-11-13-15-17-19-32-35-39-43-47-51-55-59-65(70)64(63-69)68-66(71)60-56-52-48-44-40-36-33-30-28-26-24-22-20-21-23-25-27-29-31-34-38-42-46-50-54-58-62-73-67(72)61-57-53-49-45-41-37-18-16-14-12-10-8-6-4-2/h16,18,55,59,64-65,69-70H,3-15,17,19-54,56-58,60-63H2,1-2H3,(H,68,71)/b18-16-,59-55+. The quantitative estimate of drug-likeness (QED) is 0.0320. The number of nitrogens with one attached hydrogen (secondary N) is 1. The second kappa shape index (κ2) is 62.9. The van der Waals surface area contributed by atoms with Gasteiger partial charge in [-0.15, -0.1) is 0 Å². The van der Waals surface area contributed by atoms with Crippen LogP contribution in [-0.2, 0) is 14.3 Å². The molecule has 0 spiro atoms. The highest BCUT2D eigenvalue weighted by Crippen LogP contribution is 2.18. The molecule has 3 N–H and O–H groups in total. The number of unbranched alkanes of at least 4 members (excludes halogenated alkanes) is 49. The van der Waals surface area contributed by atoms with E-state index in [1.54, 1.807) is 6.08 Å². The van der Waals surface area contributed by atoms with E-state index in [-0.39, 0.29) is 18.5 Å². The van der Waals surface area contributed by atoms with Crippen LogP contribution >= 0.6 is 0 Å². The molecular weight excluding hydrogens is 899 g/mol. The van der Waals surface area contributed by atoms with E-state index in [2.05, 4.69) is 31.3 Å². The van der Waals surface area contributed by atoms with Gasteiger partial charge in [0.25, 0.3) is 0 Å². The van der Waals surface area contributed by atoms with Crippen LogP contribution in [0.25, 0.3) is 0 Å². The minimum atomic E-state index is -0.842. The topological polar surface area (TPSA) is 95.9 Å². The van der Waals surface area contributed by atoms with Crippen molar-refractivity contribution < 1.29 is 24.5 Å². The molecule has 0 aromatic rings. The molecule has 6 heteroatoms. The van der Waals surface area contributed by atoms with Gasteiger partial charge in [0.1, 0.15) is 0 Å². The number of hydrogen-bond donors (Lipinski definition) is 3. The Bertz CT molecular complexity index is 1140. The molecule has 0 bridgehead atoms. The van der Waals surface area contributed by atoms with Crippen LogP contribution in [-0.4, -0.2) is 47.4 Å². The molecule has 2 unspecified atom stereocenters. The zero-order valence-corrected chi connectivity index (χ0v) is 49.4. The van der Waals surface area contributed by atoms with Gasteiger partial charge in [0.15, 0.2) is 0 Å². The third kappa shape index (κ3) is 59.4. The maximum Gasteiger partial charge on any atom is 0.305 e. The fraction of sp³-hybridized carbons (Fsp3) is 0.910. The number of allylic oxidation sites excluding steroid dienone is 3. The summed E-state index contributed by atoms with van der Waals surface area (Å²) in [5.74, 6) is -0.0546. The maximum atomic E-state index is 12.5. The smallest absolute Gasteiger partial charge is 0.305 e. The summed E-state index contributed by atoms with van der Waals surface area (Å²) in [6.07, 6.45) is 78.1. The average Bonchev–Trinajstić information content (AvgIpc) is 3.39. The fourth-order valence-corrected chi connectivity index (χ4v) is 10.4. The van der Waals surface area contributed by atoms with Crippen molar-refractivity contribution in [2.75, 3.05) is 13.2 Å². The third-order valence-electron chi connectivity index (χ3n) is 15.5. The zero-order chi connectivity index (χ0) is 52.9. The molecule has 6 nitrogen and oxygen atoms in total. The first kappa shape index (κ1) is 71.3. The van der Waals surface area contributed by atoms with Crippen LogP contribution in [0.15, 0.2) is 24.3 Å². The molecule has 0 aliphatic carbocycles. The van der Waals surface area contributed by atoms with Crippen LogP contribution in [0, 0.1) is 0 Å². The van der Waals surface area contributed by atoms with E-state index in [9.17, 15) is 19.8 Å². The number of hydrogen-bond acceptors (Lipinski definition) is 5. The molecule has 73 heavy (non-hydrogen) atoms. The van der Waals surface area contributed by atoms with Crippen molar-refractivity contribution in [2.24, 2.45) is 0 Å². The number of rotatable bonds is 62. The summed E-state index contributed by atoms with van der Waals surface area (Å²) >= 11 is 0. The SMILES string of the molecule is CCCCCCC/C=C\CCCCCCCC(=O)OCCCCCCCCCCCCCCCCCCCCCCCCCCCCC(=O)NC(CO)C(O)/C=C/CCCCCCCCCCCCCCCC. The Hall–Kier alpha value is -1.66. The van der Waals surface area contributed by atoms with Crippen molar-refractivity contribution in [3.8, 4) is 0 Å². The number of aliphatic hydroxyl groups is 2. The van der Waals surface area contributed by atoms with Crippen LogP contribution < -0.4 is 5.32 Å². The Balaban J connectivity index is 3.37. The van der Waals surface area contributed by atoms with Gasteiger partial charge in [0.2, 0.25) is 5.91 Å². The molecule has 0 fully saturated rings. The van der Waals surface area contributed by atoms with Gasteiger partial charge in [-0.25, -0.2) is 0 Å². The monoisotopic (exact) mass is 1030 g/mol.